The molecule has 0 spiro atoms. The van der Waals surface area contributed by atoms with E-state index >= 15 is 4.39 Å². The van der Waals surface area contributed by atoms with Crippen molar-refractivity contribution < 1.29 is 18.7 Å². The number of ketones is 1. The standard InChI is InChI=1S/C30H29FN6O4/c1-17-29(39)35-28-27(34-17)24(10-11-32-28)41-22-8-6-18(23(31)15-22)12-21(38)13-20-14-25(30(2,3)4)36-37(20)19-7-9-26(40-5)33-16-19/h6-11,14-16H,12-13H2,1-5H3,(H,32,35,39). The number of aryl methyl sites for hydroxylation is 1. The van der Waals surface area contributed by atoms with E-state index in [1.165, 1.54) is 25.4 Å². The highest BCUT2D eigenvalue weighted by Crippen LogP contribution is 2.28. The molecule has 0 fully saturated rings. The normalized spacial score (nSPS) is 11.6. The van der Waals surface area contributed by atoms with Gasteiger partial charge in [-0.3, -0.25) is 9.59 Å². The number of Topliss-reactive ketones (excluding diaryl/α,β-unsaturated/α-hetero) is 1. The van der Waals surface area contributed by atoms with Gasteiger partial charge in [0.15, 0.2) is 11.4 Å². The third-order valence-electron chi connectivity index (χ3n) is 6.47. The minimum Gasteiger partial charge on any atom is -0.481 e. The van der Waals surface area contributed by atoms with E-state index in [9.17, 15) is 9.59 Å². The lowest BCUT2D eigenvalue weighted by atomic mass is 9.92. The predicted octanol–water partition coefficient (Wildman–Crippen LogP) is 4.80. The zero-order chi connectivity index (χ0) is 29.3. The molecule has 0 amide bonds. The SMILES string of the molecule is COc1ccc(-n2nc(C(C)(C)C)cc2CC(=O)Cc2ccc(Oc3ccnc4[nH]c(=O)c(C)nc34)cc2F)cn1. The van der Waals surface area contributed by atoms with Gasteiger partial charge in [0, 0.05) is 42.7 Å². The van der Waals surface area contributed by atoms with Crippen molar-refractivity contribution in [2.24, 2.45) is 0 Å². The molecule has 0 aliphatic rings. The summed E-state index contributed by atoms with van der Waals surface area (Å²) in [5.74, 6) is 0.251. The molecule has 4 aromatic heterocycles. The number of aromatic nitrogens is 6. The Kier molecular flexibility index (Phi) is 7.36. The number of H-pyrrole nitrogens is 1. The van der Waals surface area contributed by atoms with Crippen LogP contribution in [0.15, 0.2) is 59.7 Å². The summed E-state index contributed by atoms with van der Waals surface area (Å²) in [4.78, 5) is 40.3. The number of rotatable bonds is 8. The van der Waals surface area contributed by atoms with Crippen LogP contribution in [0.4, 0.5) is 4.39 Å². The maximum atomic E-state index is 15.1. The van der Waals surface area contributed by atoms with Gasteiger partial charge in [-0.2, -0.15) is 5.10 Å². The minimum absolute atomic E-state index is 0.0546. The number of fused-ring (bicyclic) bond motifs is 1. The van der Waals surface area contributed by atoms with Crippen molar-refractivity contribution in [3.8, 4) is 23.1 Å². The molecule has 10 nitrogen and oxygen atoms in total. The van der Waals surface area contributed by atoms with E-state index in [1.807, 2.05) is 32.9 Å². The molecule has 1 N–H and O–H groups in total. The molecule has 0 atom stereocenters. The summed E-state index contributed by atoms with van der Waals surface area (Å²) in [6.07, 6.45) is 3.04. The predicted molar refractivity (Wildman–Crippen MR) is 150 cm³/mol. The van der Waals surface area contributed by atoms with E-state index in [4.69, 9.17) is 14.6 Å². The fourth-order valence-electron chi connectivity index (χ4n) is 4.23. The van der Waals surface area contributed by atoms with E-state index < -0.39 is 5.82 Å². The first-order valence-corrected chi connectivity index (χ1v) is 13.0. The Morgan fingerprint density at radius 3 is 2.56 bits per heavy atom. The van der Waals surface area contributed by atoms with Gasteiger partial charge in [0.2, 0.25) is 5.88 Å². The van der Waals surface area contributed by atoms with Crippen LogP contribution in [0, 0.1) is 12.7 Å². The number of carbonyl (C=O) groups is 1. The Hall–Kier alpha value is -4.93. The van der Waals surface area contributed by atoms with Crippen molar-refractivity contribution >= 4 is 16.9 Å². The second-order valence-electron chi connectivity index (χ2n) is 10.6. The average molecular weight is 557 g/mol. The number of hydrogen-bond acceptors (Lipinski definition) is 8. The zero-order valence-corrected chi connectivity index (χ0v) is 23.4. The summed E-state index contributed by atoms with van der Waals surface area (Å²) in [6.45, 7) is 7.71. The molecule has 4 heterocycles. The van der Waals surface area contributed by atoms with E-state index in [0.29, 0.717) is 28.5 Å². The Bertz CT molecular complexity index is 1810. The number of aromatic amines is 1. The fourth-order valence-corrected chi connectivity index (χ4v) is 4.23. The molecule has 0 unspecified atom stereocenters. The molecule has 0 saturated heterocycles. The van der Waals surface area contributed by atoms with Crippen LogP contribution in [0.1, 0.15) is 43.4 Å². The molecule has 0 radical (unpaired) electrons. The molecule has 0 aliphatic heterocycles. The van der Waals surface area contributed by atoms with Crippen LogP contribution in [0.5, 0.6) is 17.4 Å². The zero-order valence-electron chi connectivity index (χ0n) is 23.4. The van der Waals surface area contributed by atoms with Gasteiger partial charge in [-0.15, -0.1) is 0 Å². The topological polar surface area (TPSA) is 125 Å². The first-order valence-electron chi connectivity index (χ1n) is 13.0. The number of halogens is 1. The van der Waals surface area contributed by atoms with Crippen molar-refractivity contribution in [1.29, 1.82) is 0 Å². The second-order valence-corrected chi connectivity index (χ2v) is 10.6. The number of nitrogens with one attached hydrogen (secondary N) is 1. The maximum Gasteiger partial charge on any atom is 0.270 e. The molecular weight excluding hydrogens is 527 g/mol. The van der Waals surface area contributed by atoms with Crippen LogP contribution < -0.4 is 15.0 Å². The number of pyridine rings is 2. The highest BCUT2D eigenvalue weighted by molar-refractivity contribution is 5.83. The van der Waals surface area contributed by atoms with Crippen molar-refractivity contribution in [1.82, 2.24) is 29.7 Å². The summed E-state index contributed by atoms with van der Waals surface area (Å²) >= 11 is 0. The molecule has 1 aromatic carbocycles. The minimum atomic E-state index is -0.574. The highest BCUT2D eigenvalue weighted by atomic mass is 19.1. The largest absolute Gasteiger partial charge is 0.481 e. The second kappa shape index (κ2) is 10.9. The summed E-state index contributed by atoms with van der Waals surface area (Å²) in [5.41, 5.74) is 2.72. The number of benzene rings is 1. The first kappa shape index (κ1) is 27.6. The highest BCUT2D eigenvalue weighted by Gasteiger charge is 2.22. The molecular formula is C30H29FN6O4. The van der Waals surface area contributed by atoms with Crippen LogP contribution >= 0.6 is 0 Å². The van der Waals surface area contributed by atoms with Crippen LogP contribution in [-0.2, 0) is 23.1 Å². The lowest BCUT2D eigenvalue weighted by Gasteiger charge is -2.14. The van der Waals surface area contributed by atoms with Crippen molar-refractivity contribution in [2.45, 2.75) is 46.0 Å². The van der Waals surface area contributed by atoms with Gasteiger partial charge in [-0.05, 0) is 30.7 Å². The van der Waals surface area contributed by atoms with Gasteiger partial charge in [-0.1, -0.05) is 26.8 Å². The van der Waals surface area contributed by atoms with Gasteiger partial charge >= 0.3 is 0 Å². The first-order chi connectivity index (χ1) is 19.5. The van der Waals surface area contributed by atoms with E-state index in [2.05, 4.69) is 19.9 Å². The number of ether oxygens (including phenoxy) is 2. The Morgan fingerprint density at radius 1 is 1.07 bits per heavy atom. The monoisotopic (exact) mass is 556 g/mol. The lowest BCUT2D eigenvalue weighted by molar-refractivity contribution is -0.117. The van der Waals surface area contributed by atoms with Crippen molar-refractivity contribution in [2.75, 3.05) is 7.11 Å². The molecule has 41 heavy (non-hydrogen) atoms. The third-order valence-corrected chi connectivity index (χ3v) is 6.47. The van der Waals surface area contributed by atoms with E-state index in [0.717, 1.165) is 5.69 Å². The third kappa shape index (κ3) is 5.98. The quantitative estimate of drug-likeness (QED) is 0.289. The number of nitrogens with zero attached hydrogens (tertiary/aromatic N) is 5. The van der Waals surface area contributed by atoms with Gasteiger partial charge in [0.1, 0.15) is 28.6 Å². The van der Waals surface area contributed by atoms with Crippen LogP contribution in [-0.4, -0.2) is 42.6 Å². The van der Waals surface area contributed by atoms with Gasteiger partial charge in [0.05, 0.1) is 30.4 Å². The van der Waals surface area contributed by atoms with Crippen molar-refractivity contribution in [3.63, 3.8) is 0 Å². The summed E-state index contributed by atoms with van der Waals surface area (Å²) in [6, 6.07) is 11.4. The molecule has 5 rings (SSSR count). The van der Waals surface area contributed by atoms with E-state index in [1.54, 1.807) is 36.0 Å². The number of hydrogen-bond donors (Lipinski definition) is 1. The van der Waals surface area contributed by atoms with Gasteiger partial charge < -0.3 is 14.5 Å². The van der Waals surface area contributed by atoms with Crippen LogP contribution in [0.2, 0.25) is 0 Å². The molecule has 11 heteroatoms. The Labute approximate surface area is 235 Å². The average Bonchev–Trinajstić information content (AvgIpc) is 3.35. The molecule has 210 valence electrons. The van der Waals surface area contributed by atoms with Crippen molar-refractivity contribution in [3.05, 3.63) is 93.7 Å². The summed E-state index contributed by atoms with van der Waals surface area (Å²) in [5, 5.41) is 4.73. The number of methoxy groups -OCH3 is 1. The fraction of sp³-hybridized carbons (Fsp3) is 0.267. The number of carbonyl (C=O) groups excluding carboxylic acids is 1. The molecule has 5 aromatic rings. The van der Waals surface area contributed by atoms with Gasteiger partial charge in [0.25, 0.3) is 5.56 Å². The lowest BCUT2D eigenvalue weighted by Crippen LogP contribution is -2.13. The van der Waals surface area contributed by atoms with Crippen LogP contribution in [0.25, 0.3) is 16.9 Å². The summed E-state index contributed by atoms with van der Waals surface area (Å²) < 4.78 is 27.8. The Morgan fingerprint density at radius 2 is 1.88 bits per heavy atom. The summed E-state index contributed by atoms with van der Waals surface area (Å²) in [7, 11) is 1.54. The molecule has 0 saturated carbocycles. The smallest absolute Gasteiger partial charge is 0.270 e. The van der Waals surface area contributed by atoms with Gasteiger partial charge in [-0.25, -0.2) is 24.0 Å². The van der Waals surface area contributed by atoms with Crippen LogP contribution in [0.3, 0.4) is 0 Å². The molecule has 0 bridgehead atoms. The molecule has 0 aliphatic carbocycles. The van der Waals surface area contributed by atoms with E-state index in [-0.39, 0.29) is 52.3 Å². The Balaban J connectivity index is 1.35. The maximum absolute atomic E-state index is 15.1.